The van der Waals surface area contributed by atoms with E-state index in [-0.39, 0.29) is 29.9 Å². The monoisotopic (exact) mass is 385 g/mol. The van der Waals surface area contributed by atoms with E-state index in [2.05, 4.69) is 6.58 Å². The predicted molar refractivity (Wildman–Crippen MR) is 107 cm³/mol. The van der Waals surface area contributed by atoms with Crippen LogP contribution in [0.1, 0.15) is 36.4 Å². The SMILES string of the molecule is C=Cc1cc(=O)n(C2CC2)c2c(C)c(N3CCC(COC(N)=O)C3)c(F)cc12. The molecule has 2 aliphatic rings. The molecule has 28 heavy (non-hydrogen) atoms. The maximum absolute atomic E-state index is 15.2. The topological polar surface area (TPSA) is 77.6 Å². The molecule has 1 saturated heterocycles. The van der Waals surface area contributed by atoms with Crippen LogP contribution in [0.15, 0.2) is 23.5 Å². The summed E-state index contributed by atoms with van der Waals surface area (Å²) in [6.07, 6.45) is 3.52. The minimum atomic E-state index is -0.795. The van der Waals surface area contributed by atoms with Crippen molar-refractivity contribution in [3.63, 3.8) is 0 Å². The fourth-order valence-corrected chi connectivity index (χ4v) is 4.30. The van der Waals surface area contributed by atoms with Gasteiger partial charge < -0.3 is 19.9 Å². The van der Waals surface area contributed by atoms with Crippen LogP contribution < -0.4 is 16.2 Å². The van der Waals surface area contributed by atoms with Crippen molar-refractivity contribution in [3.05, 3.63) is 46.0 Å². The highest BCUT2D eigenvalue weighted by atomic mass is 19.1. The van der Waals surface area contributed by atoms with Crippen molar-refractivity contribution in [2.24, 2.45) is 11.7 Å². The Balaban J connectivity index is 1.80. The lowest BCUT2D eigenvalue weighted by molar-refractivity contribution is 0.140. The summed E-state index contributed by atoms with van der Waals surface area (Å²) < 4.78 is 21.9. The lowest BCUT2D eigenvalue weighted by atomic mass is 10.0. The Morgan fingerprint density at radius 3 is 2.79 bits per heavy atom. The lowest BCUT2D eigenvalue weighted by Gasteiger charge is -2.24. The first-order valence-corrected chi connectivity index (χ1v) is 9.58. The highest BCUT2D eigenvalue weighted by Gasteiger charge is 2.31. The molecule has 1 saturated carbocycles. The van der Waals surface area contributed by atoms with Crippen LogP contribution in [0.2, 0.25) is 0 Å². The number of nitrogens with two attached hydrogens (primary N) is 1. The number of aryl methyl sites for hydroxylation is 1. The van der Waals surface area contributed by atoms with Crippen LogP contribution in [0.3, 0.4) is 0 Å². The number of fused-ring (bicyclic) bond motifs is 1. The number of primary amides is 1. The Hall–Kier alpha value is -2.83. The van der Waals surface area contributed by atoms with Gasteiger partial charge in [-0.3, -0.25) is 4.79 Å². The minimum Gasteiger partial charge on any atom is -0.449 e. The second-order valence-corrected chi connectivity index (χ2v) is 7.70. The largest absolute Gasteiger partial charge is 0.449 e. The number of nitrogens with zero attached hydrogens (tertiary/aromatic N) is 2. The minimum absolute atomic E-state index is 0.0697. The summed E-state index contributed by atoms with van der Waals surface area (Å²) in [7, 11) is 0. The van der Waals surface area contributed by atoms with Crippen LogP contribution in [0.25, 0.3) is 17.0 Å². The van der Waals surface area contributed by atoms with Crippen molar-refractivity contribution in [1.29, 1.82) is 0 Å². The molecule has 2 aromatic rings. The van der Waals surface area contributed by atoms with Crippen LogP contribution in [-0.2, 0) is 4.74 Å². The molecule has 1 atom stereocenters. The molecule has 7 heteroatoms. The maximum atomic E-state index is 15.2. The van der Waals surface area contributed by atoms with Crippen molar-refractivity contribution in [1.82, 2.24) is 4.57 Å². The predicted octanol–water partition coefficient (Wildman–Crippen LogP) is 3.35. The summed E-state index contributed by atoms with van der Waals surface area (Å²) in [5.41, 5.74) is 7.70. The summed E-state index contributed by atoms with van der Waals surface area (Å²) in [6.45, 7) is 7.12. The average Bonchev–Trinajstić information content (AvgIpc) is 3.38. The van der Waals surface area contributed by atoms with Crippen LogP contribution in [0.4, 0.5) is 14.9 Å². The van der Waals surface area contributed by atoms with Crippen molar-refractivity contribution in [3.8, 4) is 0 Å². The van der Waals surface area contributed by atoms with Gasteiger partial charge in [-0.15, -0.1) is 0 Å². The van der Waals surface area contributed by atoms with Crippen LogP contribution in [0, 0.1) is 18.7 Å². The third-order valence-corrected chi connectivity index (χ3v) is 5.73. The zero-order chi connectivity index (χ0) is 20.0. The lowest BCUT2D eigenvalue weighted by Crippen LogP contribution is -2.26. The Morgan fingerprint density at radius 2 is 2.14 bits per heavy atom. The number of pyridine rings is 1. The maximum Gasteiger partial charge on any atom is 0.404 e. The van der Waals surface area contributed by atoms with Crippen LogP contribution in [-0.4, -0.2) is 30.4 Å². The first kappa shape index (κ1) is 18.5. The Labute approximate surface area is 162 Å². The molecule has 1 aliphatic heterocycles. The number of carbonyl (C=O) groups is 1. The molecule has 1 aromatic carbocycles. The number of hydrogen-bond donors (Lipinski definition) is 1. The number of ether oxygens (including phenoxy) is 1. The zero-order valence-electron chi connectivity index (χ0n) is 15.9. The number of anilines is 1. The molecule has 1 aromatic heterocycles. The van der Waals surface area contributed by atoms with E-state index in [0.29, 0.717) is 29.7 Å². The molecule has 1 amide bonds. The van der Waals surface area contributed by atoms with E-state index >= 15 is 4.39 Å². The molecule has 148 valence electrons. The van der Waals surface area contributed by atoms with E-state index in [9.17, 15) is 9.59 Å². The highest BCUT2D eigenvalue weighted by molar-refractivity contribution is 5.93. The van der Waals surface area contributed by atoms with Gasteiger partial charge in [-0.05, 0) is 43.4 Å². The quantitative estimate of drug-likeness (QED) is 0.856. The van der Waals surface area contributed by atoms with E-state index < -0.39 is 6.09 Å². The number of halogens is 1. The fourth-order valence-electron chi connectivity index (χ4n) is 4.30. The second kappa shape index (κ2) is 6.96. The number of benzene rings is 1. The van der Waals surface area contributed by atoms with Crippen molar-refractivity contribution < 1.29 is 13.9 Å². The summed E-state index contributed by atoms with van der Waals surface area (Å²) in [5, 5.41) is 0.716. The third kappa shape index (κ3) is 3.15. The van der Waals surface area contributed by atoms with E-state index in [4.69, 9.17) is 10.5 Å². The molecule has 2 fully saturated rings. The van der Waals surface area contributed by atoms with Gasteiger partial charge in [-0.2, -0.15) is 0 Å². The summed E-state index contributed by atoms with van der Waals surface area (Å²) in [6, 6.07) is 3.24. The standard InChI is InChI=1S/C21H24FN3O3/c1-3-14-8-18(26)25(15-4-5-15)19-12(2)20(17(22)9-16(14)19)24-7-6-13(10-24)11-28-21(23)27/h3,8-9,13,15H,1,4-7,10-11H2,2H3,(H2,23,27). The van der Waals surface area contributed by atoms with Crippen molar-refractivity contribution in [2.75, 3.05) is 24.6 Å². The van der Waals surface area contributed by atoms with Gasteiger partial charge in [-0.25, -0.2) is 9.18 Å². The molecule has 2 N–H and O–H groups in total. The molecule has 1 aliphatic carbocycles. The van der Waals surface area contributed by atoms with Gasteiger partial charge in [-0.1, -0.05) is 12.7 Å². The molecule has 6 nitrogen and oxygen atoms in total. The number of carbonyl (C=O) groups excluding carboxylic acids is 1. The van der Waals surface area contributed by atoms with E-state index in [1.54, 1.807) is 12.1 Å². The van der Waals surface area contributed by atoms with E-state index in [1.807, 2.05) is 16.4 Å². The fraction of sp³-hybridized carbons (Fsp3) is 0.429. The van der Waals surface area contributed by atoms with Crippen LogP contribution in [0.5, 0.6) is 0 Å². The zero-order valence-corrected chi connectivity index (χ0v) is 15.9. The Bertz CT molecular complexity index is 1030. The van der Waals surface area contributed by atoms with Gasteiger partial charge in [0.25, 0.3) is 5.56 Å². The molecule has 0 spiro atoms. The highest BCUT2D eigenvalue weighted by Crippen LogP contribution is 2.40. The van der Waals surface area contributed by atoms with Crippen molar-refractivity contribution in [2.45, 2.75) is 32.2 Å². The average molecular weight is 385 g/mol. The van der Waals surface area contributed by atoms with Crippen molar-refractivity contribution >= 4 is 28.8 Å². The van der Waals surface area contributed by atoms with Gasteiger partial charge in [0.2, 0.25) is 0 Å². The van der Waals surface area contributed by atoms with E-state index in [1.165, 1.54) is 6.07 Å². The molecule has 2 heterocycles. The van der Waals surface area contributed by atoms with Gasteiger partial charge >= 0.3 is 6.09 Å². The van der Waals surface area contributed by atoms with Gasteiger partial charge in [0, 0.05) is 36.5 Å². The second-order valence-electron chi connectivity index (χ2n) is 7.70. The number of hydrogen-bond acceptors (Lipinski definition) is 4. The molecular formula is C21H24FN3O3. The summed E-state index contributed by atoms with van der Waals surface area (Å²) >= 11 is 0. The first-order chi connectivity index (χ1) is 13.4. The number of amides is 1. The Morgan fingerprint density at radius 1 is 1.39 bits per heavy atom. The smallest absolute Gasteiger partial charge is 0.404 e. The molecule has 0 radical (unpaired) electrons. The number of rotatable bonds is 5. The molecule has 1 unspecified atom stereocenters. The van der Waals surface area contributed by atoms with Gasteiger partial charge in [0.1, 0.15) is 5.82 Å². The first-order valence-electron chi connectivity index (χ1n) is 9.58. The van der Waals surface area contributed by atoms with Gasteiger partial charge in [0.15, 0.2) is 0 Å². The summed E-state index contributed by atoms with van der Waals surface area (Å²) in [4.78, 5) is 25.5. The molecular weight excluding hydrogens is 361 g/mol. The van der Waals surface area contributed by atoms with E-state index in [0.717, 1.165) is 30.3 Å². The van der Waals surface area contributed by atoms with Gasteiger partial charge in [0.05, 0.1) is 17.8 Å². The Kier molecular flexibility index (Phi) is 4.61. The molecule has 0 bridgehead atoms. The molecule has 4 rings (SSSR count). The summed E-state index contributed by atoms with van der Waals surface area (Å²) in [5.74, 6) is -0.210. The van der Waals surface area contributed by atoms with Crippen LogP contribution >= 0.6 is 0 Å². The third-order valence-electron chi connectivity index (χ3n) is 5.73. The normalized spacial score (nSPS) is 19.2. The number of aromatic nitrogens is 1.